The molecule has 0 saturated heterocycles. The fourth-order valence-corrected chi connectivity index (χ4v) is 1.42. The van der Waals surface area contributed by atoms with Crippen LogP contribution in [-0.2, 0) is 0 Å². The Morgan fingerprint density at radius 1 is 1.36 bits per heavy atom. The summed E-state index contributed by atoms with van der Waals surface area (Å²) in [6.45, 7) is 0.158. The summed E-state index contributed by atoms with van der Waals surface area (Å²) in [4.78, 5) is 1.21. The van der Waals surface area contributed by atoms with Gasteiger partial charge in [0.15, 0.2) is 0 Å². The van der Waals surface area contributed by atoms with E-state index in [-0.39, 0.29) is 6.61 Å². The van der Waals surface area contributed by atoms with Crippen molar-refractivity contribution in [2.45, 2.75) is 11.0 Å². The Kier molecular flexibility index (Phi) is 4.79. The third kappa shape index (κ3) is 3.57. The molecule has 0 aliphatic rings. The van der Waals surface area contributed by atoms with E-state index in [2.05, 4.69) is 5.32 Å². The normalized spacial score (nSPS) is 12.5. The minimum absolute atomic E-state index is 0.212. The highest BCUT2D eigenvalue weighted by Crippen LogP contribution is 2.17. The molecule has 1 rings (SSSR count). The molecule has 0 aromatic heterocycles. The molecule has 3 nitrogen and oxygen atoms in total. The Hall–Kier alpha value is -0.710. The second-order valence-electron chi connectivity index (χ2n) is 2.95. The summed E-state index contributed by atoms with van der Waals surface area (Å²) in [5, 5.41) is 20.7. The average Bonchev–Trinajstić information content (AvgIpc) is 2.26. The van der Waals surface area contributed by atoms with Crippen LogP contribution in [-0.4, -0.2) is 35.7 Å². The van der Waals surface area contributed by atoms with Crippen LogP contribution in [0.3, 0.4) is 0 Å². The van der Waals surface area contributed by atoms with Crippen molar-refractivity contribution in [1.82, 2.24) is 0 Å². The molecule has 0 spiro atoms. The van der Waals surface area contributed by atoms with E-state index in [1.165, 1.54) is 4.90 Å². The van der Waals surface area contributed by atoms with Crippen LogP contribution in [0.15, 0.2) is 29.2 Å². The number of hydrogen-bond acceptors (Lipinski definition) is 4. The quantitative estimate of drug-likeness (QED) is 0.643. The Bertz CT molecular complexity index is 263. The van der Waals surface area contributed by atoms with Crippen molar-refractivity contribution >= 4 is 17.4 Å². The highest BCUT2D eigenvalue weighted by molar-refractivity contribution is 7.98. The van der Waals surface area contributed by atoms with E-state index < -0.39 is 6.10 Å². The van der Waals surface area contributed by atoms with E-state index in [4.69, 9.17) is 10.2 Å². The van der Waals surface area contributed by atoms with Gasteiger partial charge in [-0.2, -0.15) is 0 Å². The van der Waals surface area contributed by atoms with E-state index in [0.717, 1.165) is 5.69 Å². The maximum Gasteiger partial charge on any atom is 0.0942 e. The van der Waals surface area contributed by atoms with Gasteiger partial charge in [-0.05, 0) is 30.5 Å². The minimum Gasteiger partial charge on any atom is -0.394 e. The van der Waals surface area contributed by atoms with Crippen LogP contribution < -0.4 is 5.32 Å². The highest BCUT2D eigenvalue weighted by atomic mass is 32.2. The molecule has 0 radical (unpaired) electrons. The van der Waals surface area contributed by atoms with E-state index in [0.29, 0.717) is 6.54 Å². The number of rotatable bonds is 5. The molecule has 1 unspecified atom stereocenters. The van der Waals surface area contributed by atoms with Crippen molar-refractivity contribution in [3.8, 4) is 0 Å². The van der Waals surface area contributed by atoms with Gasteiger partial charge < -0.3 is 15.5 Å². The average molecular weight is 213 g/mol. The van der Waals surface area contributed by atoms with E-state index in [1.54, 1.807) is 11.8 Å². The van der Waals surface area contributed by atoms with Gasteiger partial charge >= 0.3 is 0 Å². The Balaban J connectivity index is 2.43. The van der Waals surface area contributed by atoms with Crippen molar-refractivity contribution in [2.24, 2.45) is 0 Å². The molecule has 1 aromatic carbocycles. The fourth-order valence-electron chi connectivity index (χ4n) is 1.01. The standard InChI is InChI=1S/C10H15NO2S/c1-14-10-4-2-8(3-5-10)11-6-9(13)7-12/h2-5,9,11-13H,6-7H2,1H3. The molecular formula is C10H15NO2S. The molecule has 0 fully saturated rings. The van der Waals surface area contributed by atoms with Crippen LogP contribution >= 0.6 is 11.8 Å². The predicted octanol–water partition coefficient (Wildman–Crippen LogP) is 1.17. The molecule has 0 aliphatic heterocycles. The molecule has 78 valence electrons. The molecule has 1 aromatic rings. The van der Waals surface area contributed by atoms with Crippen LogP contribution in [0.4, 0.5) is 5.69 Å². The first kappa shape index (κ1) is 11.4. The first-order valence-electron chi connectivity index (χ1n) is 4.43. The summed E-state index contributed by atoms with van der Waals surface area (Å²) < 4.78 is 0. The molecule has 4 heteroatoms. The topological polar surface area (TPSA) is 52.5 Å². The van der Waals surface area contributed by atoms with Gasteiger partial charge in [-0.3, -0.25) is 0 Å². The molecule has 3 N–H and O–H groups in total. The molecule has 14 heavy (non-hydrogen) atoms. The zero-order chi connectivity index (χ0) is 10.4. The molecule has 0 saturated carbocycles. The van der Waals surface area contributed by atoms with Gasteiger partial charge in [-0.15, -0.1) is 11.8 Å². The van der Waals surface area contributed by atoms with E-state index >= 15 is 0 Å². The molecule has 0 heterocycles. The van der Waals surface area contributed by atoms with Crippen molar-refractivity contribution in [1.29, 1.82) is 0 Å². The lowest BCUT2D eigenvalue weighted by Crippen LogP contribution is -2.22. The number of thioether (sulfide) groups is 1. The lowest BCUT2D eigenvalue weighted by atomic mass is 10.3. The van der Waals surface area contributed by atoms with Gasteiger partial charge in [0.05, 0.1) is 12.7 Å². The predicted molar refractivity (Wildman–Crippen MR) is 59.8 cm³/mol. The molecule has 0 aliphatic carbocycles. The van der Waals surface area contributed by atoms with Crippen molar-refractivity contribution in [3.63, 3.8) is 0 Å². The largest absolute Gasteiger partial charge is 0.394 e. The number of benzene rings is 1. The third-order valence-electron chi connectivity index (χ3n) is 1.84. The molecular weight excluding hydrogens is 198 g/mol. The minimum atomic E-state index is -0.699. The Morgan fingerprint density at radius 2 is 2.00 bits per heavy atom. The summed E-state index contributed by atoms with van der Waals surface area (Å²) in [5.74, 6) is 0. The summed E-state index contributed by atoms with van der Waals surface area (Å²) in [7, 11) is 0. The summed E-state index contributed by atoms with van der Waals surface area (Å²) in [6.07, 6.45) is 1.33. The van der Waals surface area contributed by atoms with Crippen LogP contribution in [0.1, 0.15) is 0 Å². The van der Waals surface area contributed by atoms with Gasteiger partial charge in [-0.25, -0.2) is 0 Å². The third-order valence-corrected chi connectivity index (χ3v) is 2.59. The van der Waals surface area contributed by atoms with Crippen LogP contribution in [0, 0.1) is 0 Å². The Morgan fingerprint density at radius 3 is 2.50 bits per heavy atom. The second kappa shape index (κ2) is 5.90. The van der Waals surface area contributed by atoms with Crippen molar-refractivity contribution < 1.29 is 10.2 Å². The van der Waals surface area contributed by atoms with E-state index in [1.807, 2.05) is 30.5 Å². The SMILES string of the molecule is CSc1ccc(NCC(O)CO)cc1. The van der Waals surface area contributed by atoms with Gasteiger partial charge in [-0.1, -0.05) is 0 Å². The van der Waals surface area contributed by atoms with Crippen LogP contribution in [0.2, 0.25) is 0 Å². The zero-order valence-corrected chi connectivity index (χ0v) is 8.92. The smallest absolute Gasteiger partial charge is 0.0942 e. The lowest BCUT2D eigenvalue weighted by molar-refractivity contribution is 0.105. The summed E-state index contributed by atoms with van der Waals surface area (Å²) >= 11 is 1.69. The summed E-state index contributed by atoms with van der Waals surface area (Å²) in [6, 6.07) is 7.93. The number of hydrogen-bond donors (Lipinski definition) is 3. The zero-order valence-electron chi connectivity index (χ0n) is 8.10. The maximum absolute atomic E-state index is 9.10. The fraction of sp³-hybridized carbons (Fsp3) is 0.400. The van der Waals surface area contributed by atoms with Crippen LogP contribution in [0.5, 0.6) is 0 Å². The van der Waals surface area contributed by atoms with Crippen molar-refractivity contribution in [2.75, 3.05) is 24.7 Å². The lowest BCUT2D eigenvalue weighted by Gasteiger charge is -2.10. The first-order valence-corrected chi connectivity index (χ1v) is 5.65. The van der Waals surface area contributed by atoms with Gasteiger partial charge in [0.1, 0.15) is 0 Å². The van der Waals surface area contributed by atoms with Crippen molar-refractivity contribution in [3.05, 3.63) is 24.3 Å². The number of nitrogens with one attached hydrogen (secondary N) is 1. The monoisotopic (exact) mass is 213 g/mol. The van der Waals surface area contributed by atoms with Gasteiger partial charge in [0.2, 0.25) is 0 Å². The maximum atomic E-state index is 9.10. The van der Waals surface area contributed by atoms with Gasteiger partial charge in [0.25, 0.3) is 0 Å². The number of aliphatic hydroxyl groups is 2. The first-order chi connectivity index (χ1) is 6.76. The Labute approximate surface area is 88.2 Å². The number of aliphatic hydroxyl groups excluding tert-OH is 2. The van der Waals surface area contributed by atoms with Gasteiger partial charge in [0, 0.05) is 17.1 Å². The van der Waals surface area contributed by atoms with E-state index in [9.17, 15) is 0 Å². The number of anilines is 1. The highest BCUT2D eigenvalue weighted by Gasteiger charge is 2.00. The summed E-state index contributed by atoms with van der Waals surface area (Å²) in [5.41, 5.74) is 0.954. The molecule has 1 atom stereocenters. The van der Waals surface area contributed by atoms with Crippen LogP contribution in [0.25, 0.3) is 0 Å². The molecule has 0 amide bonds. The molecule has 0 bridgehead atoms. The second-order valence-corrected chi connectivity index (χ2v) is 3.83.